The summed E-state index contributed by atoms with van der Waals surface area (Å²) in [5, 5.41) is 28.9. The van der Waals surface area contributed by atoms with Gasteiger partial charge in [-0.25, -0.2) is 9.78 Å². The van der Waals surface area contributed by atoms with Gasteiger partial charge in [0, 0.05) is 23.9 Å². The summed E-state index contributed by atoms with van der Waals surface area (Å²) in [6.07, 6.45) is 0. The largest absolute Gasteiger partial charge is 0.477 e. The molecule has 0 saturated carbocycles. The van der Waals surface area contributed by atoms with E-state index in [9.17, 15) is 19.5 Å². The minimum atomic E-state index is -1.20. The van der Waals surface area contributed by atoms with Gasteiger partial charge in [0.05, 0.1) is 0 Å². The van der Waals surface area contributed by atoms with Gasteiger partial charge in [-0.15, -0.1) is 33.3 Å². The lowest BCUT2D eigenvalue weighted by Gasteiger charge is -2.49. The van der Waals surface area contributed by atoms with E-state index in [0.717, 1.165) is 11.3 Å². The molecular weight excluding hydrogens is 525 g/mol. The third-order valence-electron chi connectivity index (χ3n) is 4.69. The normalized spacial score (nSPS) is 20.0. The maximum Gasteiger partial charge on any atom is 0.352 e. The number of rotatable bonds is 9. The van der Waals surface area contributed by atoms with Crippen molar-refractivity contribution in [2.45, 2.75) is 15.8 Å². The Bertz CT molecular complexity index is 1190. The van der Waals surface area contributed by atoms with E-state index in [1.54, 1.807) is 12.4 Å². The van der Waals surface area contributed by atoms with Gasteiger partial charge in [-0.05, 0) is 5.57 Å². The zero-order chi connectivity index (χ0) is 24.4. The average Bonchev–Trinajstić information content (AvgIpc) is 3.47. The summed E-state index contributed by atoms with van der Waals surface area (Å²) >= 11 is 5.20. The first kappa shape index (κ1) is 24.2. The molecule has 4 rings (SSSR count). The van der Waals surface area contributed by atoms with Gasteiger partial charge < -0.3 is 26.3 Å². The second-order valence-corrected chi connectivity index (χ2v) is 10.9. The summed E-state index contributed by atoms with van der Waals surface area (Å²) in [4.78, 5) is 47.7. The molecule has 0 radical (unpaired) electrons. The number of thiazole rings is 1. The first-order chi connectivity index (χ1) is 16.3. The second kappa shape index (κ2) is 10.2. The van der Waals surface area contributed by atoms with Gasteiger partial charge >= 0.3 is 5.97 Å². The quantitative estimate of drug-likeness (QED) is 0.149. The minimum absolute atomic E-state index is 0.0665. The van der Waals surface area contributed by atoms with Crippen molar-refractivity contribution in [2.75, 3.05) is 36.7 Å². The van der Waals surface area contributed by atoms with Crippen molar-refractivity contribution in [3.05, 3.63) is 22.3 Å². The standard InChI is InChI=1S/C17H18N8O5S4/c1-19-16-22-23-17(34-16)33-4-6-3-31-13-9(12(27)25(13)10(6)14(28)29)21-11(26)8(24-30-2)7-5-32-15(18)20-7/h5,9,13H,3-4H2,1-2H3,(H2,18,20)(H,19,22)(H,21,26)(H,28,29)/t9-,13+/m1/s1. The van der Waals surface area contributed by atoms with Crippen molar-refractivity contribution in [1.82, 2.24) is 25.4 Å². The Morgan fingerprint density at radius 1 is 1.44 bits per heavy atom. The number of nitrogens with two attached hydrogens (primary N) is 1. The van der Waals surface area contributed by atoms with Crippen LogP contribution in [0.3, 0.4) is 0 Å². The Kier molecular flexibility index (Phi) is 7.24. The highest BCUT2D eigenvalue weighted by Gasteiger charge is 2.54. The molecule has 2 aromatic heterocycles. The fourth-order valence-electron chi connectivity index (χ4n) is 3.21. The lowest BCUT2D eigenvalue weighted by Crippen LogP contribution is -2.71. The number of aromatic nitrogens is 3. The molecule has 1 saturated heterocycles. The number of amides is 2. The Balaban J connectivity index is 1.48. The SMILES string of the molecule is CNc1nnc(SCC2=C(C(=O)O)N3C(=O)[C@@H](NC(=O)C(=NOC)c4csc(N)n4)[C@@H]3SC2)s1. The van der Waals surface area contributed by atoms with Gasteiger partial charge in [0.15, 0.2) is 15.2 Å². The van der Waals surface area contributed by atoms with Crippen LogP contribution < -0.4 is 16.4 Å². The highest BCUT2D eigenvalue weighted by atomic mass is 32.2. The fraction of sp³-hybridized carbons (Fsp3) is 0.353. The van der Waals surface area contributed by atoms with E-state index in [-0.39, 0.29) is 22.2 Å². The molecule has 0 aliphatic carbocycles. The maximum absolute atomic E-state index is 12.9. The molecule has 2 aromatic rings. The van der Waals surface area contributed by atoms with Gasteiger partial charge in [0.25, 0.3) is 11.8 Å². The van der Waals surface area contributed by atoms with Crippen LogP contribution in [-0.4, -0.2) is 85.8 Å². The molecule has 2 atom stereocenters. The number of hydrogen-bond acceptors (Lipinski definition) is 14. The predicted octanol–water partition coefficient (Wildman–Crippen LogP) is 0.500. The number of nitrogens with zero attached hydrogens (tertiary/aromatic N) is 5. The number of anilines is 2. The molecule has 0 spiro atoms. The van der Waals surface area contributed by atoms with Crippen molar-refractivity contribution in [1.29, 1.82) is 0 Å². The third kappa shape index (κ3) is 4.68. The Morgan fingerprint density at radius 2 is 2.24 bits per heavy atom. The summed E-state index contributed by atoms with van der Waals surface area (Å²) in [6, 6.07) is -0.916. The number of carboxylic acids is 1. The zero-order valence-corrected chi connectivity index (χ0v) is 20.9. The van der Waals surface area contributed by atoms with Crippen molar-refractivity contribution in [3.8, 4) is 0 Å². The van der Waals surface area contributed by atoms with Crippen molar-refractivity contribution in [2.24, 2.45) is 5.16 Å². The van der Waals surface area contributed by atoms with Gasteiger partial charge in [-0.1, -0.05) is 28.3 Å². The number of fused-ring (bicyclic) bond motifs is 1. The lowest BCUT2D eigenvalue weighted by molar-refractivity contribution is -0.150. The zero-order valence-electron chi connectivity index (χ0n) is 17.7. The number of nitrogens with one attached hydrogen (secondary N) is 2. The molecule has 0 aromatic carbocycles. The molecule has 13 nitrogen and oxygen atoms in total. The molecule has 34 heavy (non-hydrogen) atoms. The van der Waals surface area contributed by atoms with Crippen LogP contribution in [0.5, 0.6) is 0 Å². The summed E-state index contributed by atoms with van der Waals surface area (Å²) in [5.74, 6) is -1.67. The first-order valence-corrected chi connectivity index (χ1v) is 13.2. The molecule has 2 aliphatic rings. The first-order valence-electron chi connectivity index (χ1n) is 9.51. The number of nitrogen functional groups attached to an aromatic ring is 1. The van der Waals surface area contributed by atoms with Gasteiger partial charge in [0.1, 0.15) is 29.9 Å². The summed E-state index contributed by atoms with van der Waals surface area (Å²) in [6.45, 7) is 0. The summed E-state index contributed by atoms with van der Waals surface area (Å²) in [5.41, 5.74) is 6.24. The van der Waals surface area contributed by atoms with Gasteiger partial charge in [0.2, 0.25) is 5.13 Å². The van der Waals surface area contributed by atoms with Crippen LogP contribution in [0.2, 0.25) is 0 Å². The van der Waals surface area contributed by atoms with Crippen LogP contribution in [0.15, 0.2) is 26.1 Å². The monoisotopic (exact) mass is 542 g/mol. The van der Waals surface area contributed by atoms with E-state index < -0.39 is 29.2 Å². The maximum atomic E-state index is 12.9. The van der Waals surface area contributed by atoms with Crippen LogP contribution in [0.4, 0.5) is 10.3 Å². The van der Waals surface area contributed by atoms with Gasteiger partial charge in [-0.3, -0.25) is 14.5 Å². The smallest absolute Gasteiger partial charge is 0.352 e. The van der Waals surface area contributed by atoms with E-state index in [1.165, 1.54) is 46.9 Å². The molecule has 180 valence electrons. The number of carbonyl (C=O) groups is 3. The summed E-state index contributed by atoms with van der Waals surface area (Å²) in [7, 11) is 3.01. The topological polar surface area (TPSA) is 185 Å². The number of carboxylic acid groups (broad SMARTS) is 1. The molecule has 0 bridgehead atoms. The number of hydrogen-bond donors (Lipinski definition) is 4. The van der Waals surface area contributed by atoms with E-state index in [4.69, 9.17) is 10.6 Å². The van der Waals surface area contributed by atoms with Crippen molar-refractivity contribution >= 4 is 80.0 Å². The van der Waals surface area contributed by atoms with Crippen LogP contribution in [0.1, 0.15) is 5.69 Å². The van der Waals surface area contributed by atoms with E-state index >= 15 is 0 Å². The highest BCUT2D eigenvalue weighted by Crippen LogP contribution is 2.42. The highest BCUT2D eigenvalue weighted by molar-refractivity contribution is 8.01. The molecule has 4 heterocycles. The van der Waals surface area contributed by atoms with Crippen molar-refractivity contribution < 1.29 is 24.3 Å². The van der Waals surface area contributed by atoms with Crippen LogP contribution in [0, 0.1) is 0 Å². The van der Waals surface area contributed by atoms with E-state index in [2.05, 4.69) is 31.0 Å². The molecule has 17 heteroatoms. The number of aliphatic carboxylic acids is 1. The van der Waals surface area contributed by atoms with E-state index in [0.29, 0.717) is 26.6 Å². The molecular formula is C17H18N8O5S4. The molecule has 5 N–H and O–H groups in total. The van der Waals surface area contributed by atoms with Crippen LogP contribution in [-0.2, 0) is 19.2 Å². The number of thioether (sulfide) groups is 2. The lowest BCUT2D eigenvalue weighted by atomic mass is 10.0. The van der Waals surface area contributed by atoms with Crippen LogP contribution in [0.25, 0.3) is 0 Å². The Hall–Kier alpha value is -2.89. The fourth-order valence-corrected chi connectivity index (χ4v) is 6.95. The molecule has 1 fully saturated rings. The third-order valence-corrected chi connectivity index (χ3v) is 8.86. The van der Waals surface area contributed by atoms with E-state index in [1.807, 2.05) is 0 Å². The number of β-lactam (4-membered cyclic amide) rings is 1. The number of carbonyl (C=O) groups excluding carboxylic acids is 2. The van der Waals surface area contributed by atoms with Gasteiger partial charge in [-0.2, -0.15) is 0 Å². The molecule has 0 unspecified atom stereocenters. The second-order valence-electron chi connectivity index (χ2n) is 6.72. The predicted molar refractivity (Wildman–Crippen MR) is 130 cm³/mol. The van der Waals surface area contributed by atoms with Crippen molar-refractivity contribution in [3.63, 3.8) is 0 Å². The number of oxime groups is 1. The summed E-state index contributed by atoms with van der Waals surface area (Å²) < 4.78 is 0.682. The minimum Gasteiger partial charge on any atom is -0.477 e. The Morgan fingerprint density at radius 3 is 2.85 bits per heavy atom. The molecule has 2 aliphatic heterocycles. The Labute approximate surface area is 209 Å². The average molecular weight is 543 g/mol. The molecule has 2 amide bonds. The van der Waals surface area contributed by atoms with Crippen LogP contribution >= 0.6 is 46.2 Å².